The molecule has 1 amide bonds. The first-order chi connectivity index (χ1) is 27.2. The van der Waals surface area contributed by atoms with Crippen LogP contribution in [0.1, 0.15) is 63.0 Å². The number of rotatable bonds is 35. The van der Waals surface area contributed by atoms with Crippen LogP contribution in [0.4, 0.5) is 4.79 Å². The van der Waals surface area contributed by atoms with Gasteiger partial charge in [0.2, 0.25) is 0 Å². The first-order valence-electron chi connectivity index (χ1n) is 20.0. The van der Waals surface area contributed by atoms with Gasteiger partial charge in [0.25, 0.3) is 0 Å². The van der Waals surface area contributed by atoms with E-state index in [9.17, 15) is 9.59 Å². The molecule has 0 spiro atoms. The lowest BCUT2D eigenvalue weighted by Gasteiger charge is -2.14. The van der Waals surface area contributed by atoms with Gasteiger partial charge in [0.15, 0.2) is 0 Å². The van der Waals surface area contributed by atoms with Gasteiger partial charge in [0.1, 0.15) is 13.2 Å². The summed E-state index contributed by atoms with van der Waals surface area (Å²) in [5.74, 6) is -0.0844. The van der Waals surface area contributed by atoms with Crippen LogP contribution in [-0.2, 0) is 52.2 Å². The van der Waals surface area contributed by atoms with E-state index in [4.69, 9.17) is 47.4 Å². The summed E-state index contributed by atoms with van der Waals surface area (Å²) in [5.41, 5.74) is 4.80. The highest BCUT2D eigenvalue weighted by atomic mass is 16.6. The van der Waals surface area contributed by atoms with Crippen LogP contribution in [0.25, 0.3) is 11.1 Å². The summed E-state index contributed by atoms with van der Waals surface area (Å²) in [7, 11) is 0. The maximum absolute atomic E-state index is 12.3. The third-order valence-corrected chi connectivity index (χ3v) is 8.89. The van der Waals surface area contributed by atoms with Crippen LogP contribution in [0, 0.1) is 5.92 Å². The first-order valence-corrected chi connectivity index (χ1v) is 20.0. The SMILES string of the molecule is CCCCC(CC)C(=O)OCCOCCOCCOCCOCCOCCOCCOCCOCCCNC(=O)OCC1c2ccccc2-c2ccccc21. The highest BCUT2D eigenvalue weighted by molar-refractivity contribution is 5.79. The molecule has 2 aromatic rings. The second kappa shape index (κ2) is 31.0. The molecule has 1 aliphatic rings. The fourth-order valence-electron chi connectivity index (χ4n) is 5.91. The van der Waals surface area contributed by atoms with Crippen molar-refractivity contribution in [1.29, 1.82) is 0 Å². The molecule has 0 bridgehead atoms. The predicted molar refractivity (Wildman–Crippen MR) is 209 cm³/mol. The maximum Gasteiger partial charge on any atom is 0.407 e. The lowest BCUT2D eigenvalue weighted by atomic mass is 9.98. The summed E-state index contributed by atoms with van der Waals surface area (Å²) in [6, 6.07) is 16.6. The van der Waals surface area contributed by atoms with Gasteiger partial charge in [-0.1, -0.05) is 75.2 Å². The zero-order chi connectivity index (χ0) is 39.0. The molecule has 0 heterocycles. The van der Waals surface area contributed by atoms with Gasteiger partial charge in [0, 0.05) is 19.1 Å². The van der Waals surface area contributed by atoms with Crippen LogP contribution in [0.2, 0.25) is 0 Å². The first kappa shape index (κ1) is 46.2. The predicted octanol–water partition coefficient (Wildman–Crippen LogP) is 5.81. The summed E-state index contributed by atoms with van der Waals surface area (Å²) < 4.78 is 54.9. The largest absolute Gasteiger partial charge is 0.463 e. The van der Waals surface area contributed by atoms with Crippen molar-refractivity contribution in [2.45, 2.75) is 51.9 Å². The van der Waals surface area contributed by atoms with Crippen molar-refractivity contribution in [1.82, 2.24) is 5.32 Å². The molecule has 3 rings (SSSR count). The summed E-state index contributed by atoms with van der Waals surface area (Å²) >= 11 is 0. The van der Waals surface area contributed by atoms with E-state index in [1.807, 2.05) is 31.2 Å². The van der Waals surface area contributed by atoms with Crippen molar-refractivity contribution in [3.63, 3.8) is 0 Å². The van der Waals surface area contributed by atoms with Gasteiger partial charge in [-0.05, 0) is 41.5 Å². The minimum Gasteiger partial charge on any atom is -0.463 e. The van der Waals surface area contributed by atoms with Crippen LogP contribution in [0.5, 0.6) is 0 Å². The zero-order valence-electron chi connectivity index (χ0n) is 33.1. The quantitative estimate of drug-likeness (QED) is 0.0669. The Morgan fingerprint density at radius 2 is 0.964 bits per heavy atom. The van der Waals surface area contributed by atoms with Crippen LogP contribution in [-0.4, -0.2) is 138 Å². The lowest BCUT2D eigenvalue weighted by Crippen LogP contribution is -2.27. The molecule has 310 valence electrons. The molecule has 0 aromatic heterocycles. The fourth-order valence-corrected chi connectivity index (χ4v) is 5.91. The van der Waals surface area contributed by atoms with E-state index in [1.165, 1.54) is 22.3 Å². The molecule has 1 aliphatic carbocycles. The lowest BCUT2D eigenvalue weighted by molar-refractivity contribution is -0.150. The Hall–Kier alpha value is -3.14. The third kappa shape index (κ3) is 20.0. The molecule has 1 unspecified atom stereocenters. The minimum atomic E-state index is -0.417. The fraction of sp³-hybridized carbons (Fsp3) is 0.667. The van der Waals surface area contributed by atoms with E-state index in [0.717, 1.165) is 25.7 Å². The minimum absolute atomic E-state index is 0.00874. The van der Waals surface area contributed by atoms with E-state index < -0.39 is 6.09 Å². The average Bonchev–Trinajstić information content (AvgIpc) is 3.53. The van der Waals surface area contributed by atoms with Gasteiger partial charge in [-0.15, -0.1) is 0 Å². The molecule has 55 heavy (non-hydrogen) atoms. The van der Waals surface area contributed by atoms with E-state index in [-0.39, 0.29) is 24.4 Å². The van der Waals surface area contributed by atoms with Crippen molar-refractivity contribution < 1.29 is 57.0 Å². The molecule has 13 nitrogen and oxygen atoms in total. The second-order valence-electron chi connectivity index (χ2n) is 12.9. The Balaban J connectivity index is 0.965. The number of esters is 1. The Labute approximate surface area is 327 Å². The molecule has 2 aromatic carbocycles. The number of alkyl carbamates (subject to hydrolysis) is 1. The van der Waals surface area contributed by atoms with Crippen molar-refractivity contribution in [2.75, 3.05) is 125 Å². The van der Waals surface area contributed by atoms with Crippen LogP contribution < -0.4 is 5.32 Å². The second-order valence-corrected chi connectivity index (χ2v) is 12.9. The van der Waals surface area contributed by atoms with Gasteiger partial charge in [-0.2, -0.15) is 0 Å². The highest BCUT2D eigenvalue weighted by Gasteiger charge is 2.29. The Bertz CT molecular complexity index is 1240. The number of hydrogen-bond acceptors (Lipinski definition) is 12. The molecule has 1 atom stereocenters. The molecular weight excluding hydrogens is 710 g/mol. The molecule has 0 radical (unpaired) electrons. The number of carbonyl (C=O) groups is 2. The molecule has 0 saturated carbocycles. The monoisotopic (exact) mass is 775 g/mol. The molecule has 0 fully saturated rings. The number of hydrogen-bond donors (Lipinski definition) is 1. The van der Waals surface area contributed by atoms with Crippen molar-refractivity contribution in [3.8, 4) is 11.1 Å². The molecule has 0 saturated heterocycles. The maximum atomic E-state index is 12.3. The number of ether oxygens (including phenoxy) is 10. The van der Waals surface area contributed by atoms with Crippen molar-refractivity contribution >= 4 is 12.1 Å². The summed E-state index contributed by atoms with van der Waals surface area (Å²) in [6.45, 7) is 12.8. The van der Waals surface area contributed by atoms with Gasteiger partial charge < -0.3 is 52.7 Å². The van der Waals surface area contributed by atoms with Crippen molar-refractivity contribution in [2.24, 2.45) is 5.92 Å². The average molecular weight is 776 g/mol. The van der Waals surface area contributed by atoms with Crippen LogP contribution in [0.15, 0.2) is 48.5 Å². The van der Waals surface area contributed by atoms with Crippen LogP contribution in [0.3, 0.4) is 0 Å². The van der Waals surface area contributed by atoms with E-state index in [2.05, 4.69) is 36.5 Å². The number of benzene rings is 2. The molecular formula is C42H65NO12. The van der Waals surface area contributed by atoms with Gasteiger partial charge in [-0.3, -0.25) is 4.79 Å². The molecule has 13 heteroatoms. The normalized spacial score (nSPS) is 12.7. The molecule has 1 N–H and O–H groups in total. The van der Waals surface area contributed by atoms with Gasteiger partial charge in [0.05, 0.1) is 105 Å². The number of unbranched alkanes of at least 4 members (excludes halogenated alkanes) is 1. The topological polar surface area (TPSA) is 138 Å². The number of nitrogens with one attached hydrogen (secondary N) is 1. The summed E-state index contributed by atoms with van der Waals surface area (Å²) in [6.07, 6.45) is 4.08. The number of fused-ring (bicyclic) bond motifs is 3. The molecule has 0 aliphatic heterocycles. The Morgan fingerprint density at radius 1 is 0.545 bits per heavy atom. The zero-order valence-corrected chi connectivity index (χ0v) is 33.1. The number of amides is 1. The third-order valence-electron chi connectivity index (χ3n) is 8.89. The Kier molecular flexibility index (Phi) is 26.1. The standard InChI is InChI=1S/C42H65NO12/c1-3-5-11-35(4-2)41(44)54-33-32-53-31-30-52-29-28-51-27-26-50-25-24-49-23-22-48-21-20-47-19-18-46-17-10-16-43-42(45)55-34-40-38-14-8-6-12-36(38)37-13-7-9-15-39(37)40/h6-9,12-15,35,40H,3-5,10-11,16-34H2,1-2H3,(H,43,45). The van der Waals surface area contributed by atoms with Crippen molar-refractivity contribution in [3.05, 3.63) is 59.7 Å². The highest BCUT2D eigenvalue weighted by Crippen LogP contribution is 2.44. The smallest absolute Gasteiger partial charge is 0.407 e. The summed E-state index contributed by atoms with van der Waals surface area (Å²) in [5, 5.41) is 2.80. The van der Waals surface area contributed by atoms with Crippen LogP contribution >= 0.6 is 0 Å². The number of carbonyl (C=O) groups excluding carboxylic acids is 2. The van der Waals surface area contributed by atoms with E-state index in [1.54, 1.807) is 0 Å². The Morgan fingerprint density at radius 3 is 1.40 bits per heavy atom. The van der Waals surface area contributed by atoms with Gasteiger partial charge >= 0.3 is 12.1 Å². The van der Waals surface area contributed by atoms with E-state index >= 15 is 0 Å². The van der Waals surface area contributed by atoms with E-state index in [0.29, 0.717) is 125 Å². The summed E-state index contributed by atoms with van der Waals surface area (Å²) in [4.78, 5) is 24.3. The van der Waals surface area contributed by atoms with Gasteiger partial charge in [-0.25, -0.2) is 4.79 Å².